The van der Waals surface area contributed by atoms with Crippen LogP contribution in [-0.4, -0.2) is 27.6 Å². The predicted octanol–water partition coefficient (Wildman–Crippen LogP) is 2.27. The van der Waals surface area contributed by atoms with Crippen LogP contribution in [0.4, 0.5) is 0 Å². The zero-order valence-corrected chi connectivity index (χ0v) is 11.8. The van der Waals surface area contributed by atoms with Crippen molar-refractivity contribution in [3.8, 4) is 0 Å². The first-order valence-electron chi connectivity index (χ1n) is 7.28. The largest absolute Gasteiger partial charge is 0.480 e. The van der Waals surface area contributed by atoms with Gasteiger partial charge >= 0.3 is 5.97 Å². The second kappa shape index (κ2) is 6.59. The molecule has 0 aromatic carbocycles. The highest BCUT2D eigenvalue weighted by atomic mass is 16.4. The Hall–Kier alpha value is -1.78. The number of carbonyl (C=O) groups is 2. The molecule has 1 aromatic rings. The van der Waals surface area contributed by atoms with Crippen LogP contribution in [0.1, 0.15) is 49.5 Å². The average Bonchev–Trinajstić information content (AvgIpc) is 2.87. The molecule has 0 aliphatic heterocycles. The normalized spacial score (nSPS) is 22.4. The number of aromatic nitrogens is 1. The van der Waals surface area contributed by atoms with Gasteiger partial charge < -0.3 is 15.0 Å². The molecule has 0 radical (unpaired) electrons. The van der Waals surface area contributed by atoms with Crippen molar-refractivity contribution < 1.29 is 14.7 Å². The highest BCUT2D eigenvalue weighted by molar-refractivity contribution is 5.93. The number of carbonyl (C=O) groups excluding carboxylic acids is 1. The van der Waals surface area contributed by atoms with Crippen molar-refractivity contribution in [3.63, 3.8) is 0 Å². The van der Waals surface area contributed by atoms with Gasteiger partial charge in [0, 0.05) is 12.2 Å². The molecule has 1 amide bonds. The first-order chi connectivity index (χ1) is 9.60. The van der Waals surface area contributed by atoms with Crippen LogP contribution in [0, 0.1) is 5.92 Å². The Labute approximate surface area is 119 Å². The van der Waals surface area contributed by atoms with E-state index in [0.717, 1.165) is 31.6 Å². The predicted molar refractivity (Wildman–Crippen MR) is 75.6 cm³/mol. The number of nitrogens with one attached hydrogen (secondary N) is 1. The lowest BCUT2D eigenvalue weighted by Crippen LogP contribution is -2.38. The van der Waals surface area contributed by atoms with Crippen LogP contribution in [0.25, 0.3) is 0 Å². The lowest BCUT2D eigenvalue weighted by molar-refractivity contribution is -0.137. The molecule has 2 rings (SSSR count). The van der Waals surface area contributed by atoms with Crippen molar-refractivity contribution in [3.05, 3.63) is 24.0 Å². The summed E-state index contributed by atoms with van der Waals surface area (Å²) < 4.78 is 1.47. The fourth-order valence-electron chi connectivity index (χ4n) is 2.88. The van der Waals surface area contributed by atoms with Crippen molar-refractivity contribution in [1.82, 2.24) is 9.88 Å². The van der Waals surface area contributed by atoms with E-state index < -0.39 is 5.97 Å². The molecular formula is C15H22N2O3. The zero-order chi connectivity index (χ0) is 14.5. The molecule has 0 spiro atoms. The number of hydrogen-bond acceptors (Lipinski definition) is 2. The molecule has 1 aliphatic rings. The minimum Gasteiger partial charge on any atom is -0.480 e. The lowest BCUT2D eigenvalue weighted by Gasteiger charge is -2.28. The summed E-state index contributed by atoms with van der Waals surface area (Å²) in [4.78, 5) is 23.0. The van der Waals surface area contributed by atoms with E-state index >= 15 is 0 Å². The van der Waals surface area contributed by atoms with Crippen molar-refractivity contribution in [1.29, 1.82) is 0 Å². The molecule has 110 valence electrons. The van der Waals surface area contributed by atoms with Gasteiger partial charge in [0.25, 0.3) is 5.91 Å². The average molecular weight is 278 g/mol. The first kappa shape index (κ1) is 14.6. The van der Waals surface area contributed by atoms with Crippen LogP contribution in [0.5, 0.6) is 0 Å². The van der Waals surface area contributed by atoms with E-state index in [1.807, 2.05) is 0 Å². The molecule has 1 heterocycles. The smallest absolute Gasteiger partial charge is 0.323 e. The Kier molecular flexibility index (Phi) is 4.82. The van der Waals surface area contributed by atoms with E-state index in [9.17, 15) is 9.59 Å². The molecule has 20 heavy (non-hydrogen) atoms. The number of carboxylic acids is 1. The van der Waals surface area contributed by atoms with Gasteiger partial charge in [-0.2, -0.15) is 0 Å². The van der Waals surface area contributed by atoms with Crippen LogP contribution in [-0.2, 0) is 11.3 Å². The summed E-state index contributed by atoms with van der Waals surface area (Å²) in [7, 11) is 0. The third-order valence-electron chi connectivity index (χ3n) is 4.13. The summed E-state index contributed by atoms with van der Waals surface area (Å²) >= 11 is 0. The molecular weight excluding hydrogens is 256 g/mol. The minimum absolute atomic E-state index is 0.170. The molecule has 1 aliphatic carbocycles. The molecule has 0 bridgehead atoms. The second-order valence-corrected chi connectivity index (χ2v) is 5.51. The summed E-state index contributed by atoms with van der Waals surface area (Å²) in [5, 5.41) is 11.8. The fourth-order valence-corrected chi connectivity index (χ4v) is 2.88. The van der Waals surface area contributed by atoms with E-state index in [2.05, 4.69) is 12.2 Å². The number of hydrogen-bond donors (Lipinski definition) is 2. The molecule has 0 unspecified atom stereocenters. The topological polar surface area (TPSA) is 71.3 Å². The number of rotatable bonds is 5. The molecule has 2 N–H and O–H groups in total. The molecule has 1 saturated carbocycles. The Morgan fingerprint density at radius 1 is 1.35 bits per heavy atom. The maximum Gasteiger partial charge on any atom is 0.323 e. The summed E-state index contributed by atoms with van der Waals surface area (Å²) in [5.41, 5.74) is 0.421. The van der Waals surface area contributed by atoms with Crippen LogP contribution >= 0.6 is 0 Å². The van der Waals surface area contributed by atoms with Gasteiger partial charge in [0.2, 0.25) is 0 Å². The summed E-state index contributed by atoms with van der Waals surface area (Å²) in [6, 6.07) is 3.58. The van der Waals surface area contributed by atoms with Crippen LogP contribution in [0.3, 0.4) is 0 Å². The highest BCUT2D eigenvalue weighted by Gasteiger charge is 2.22. The lowest BCUT2D eigenvalue weighted by atomic mass is 9.84. The molecule has 1 aromatic heterocycles. The Morgan fingerprint density at radius 2 is 2.05 bits per heavy atom. The van der Waals surface area contributed by atoms with Gasteiger partial charge in [-0.15, -0.1) is 0 Å². The van der Waals surface area contributed by atoms with Gasteiger partial charge in [-0.05, 0) is 43.7 Å². The molecule has 5 heteroatoms. The van der Waals surface area contributed by atoms with E-state index in [0.29, 0.717) is 5.69 Å². The molecule has 0 saturated heterocycles. The first-order valence-corrected chi connectivity index (χ1v) is 7.28. The Morgan fingerprint density at radius 3 is 2.65 bits per heavy atom. The number of aliphatic carboxylic acids is 1. The van der Waals surface area contributed by atoms with Gasteiger partial charge in [-0.3, -0.25) is 9.59 Å². The Bertz CT molecular complexity index is 473. The Balaban J connectivity index is 1.92. The quantitative estimate of drug-likeness (QED) is 0.868. The van der Waals surface area contributed by atoms with E-state index in [1.54, 1.807) is 18.3 Å². The fraction of sp³-hybridized carbons (Fsp3) is 0.600. The van der Waals surface area contributed by atoms with E-state index in [4.69, 9.17) is 5.11 Å². The van der Waals surface area contributed by atoms with Gasteiger partial charge in [-0.1, -0.05) is 13.3 Å². The second-order valence-electron chi connectivity index (χ2n) is 5.51. The summed E-state index contributed by atoms with van der Waals surface area (Å²) in [6.07, 6.45) is 7.20. The van der Waals surface area contributed by atoms with Crippen LogP contribution in [0.15, 0.2) is 18.3 Å². The minimum atomic E-state index is -0.946. The van der Waals surface area contributed by atoms with E-state index in [-0.39, 0.29) is 18.5 Å². The maximum absolute atomic E-state index is 12.2. The summed E-state index contributed by atoms with van der Waals surface area (Å²) in [6.45, 7) is 2.03. The zero-order valence-electron chi connectivity index (χ0n) is 11.8. The van der Waals surface area contributed by atoms with Crippen LogP contribution in [0.2, 0.25) is 0 Å². The SMILES string of the molecule is CCC1CCC(NC(=O)c2cccn2CC(=O)O)CC1. The van der Waals surface area contributed by atoms with Crippen LogP contribution < -0.4 is 5.32 Å². The summed E-state index contributed by atoms with van der Waals surface area (Å²) in [5.74, 6) is -0.325. The molecule has 1 fully saturated rings. The van der Waals surface area contributed by atoms with Gasteiger partial charge in [-0.25, -0.2) is 0 Å². The maximum atomic E-state index is 12.2. The monoisotopic (exact) mass is 278 g/mol. The van der Waals surface area contributed by atoms with Crippen molar-refractivity contribution in [2.75, 3.05) is 0 Å². The van der Waals surface area contributed by atoms with Gasteiger partial charge in [0.1, 0.15) is 12.2 Å². The molecule has 5 nitrogen and oxygen atoms in total. The van der Waals surface area contributed by atoms with Crippen molar-refractivity contribution in [2.24, 2.45) is 5.92 Å². The number of amides is 1. The third kappa shape index (κ3) is 3.62. The van der Waals surface area contributed by atoms with Crippen molar-refractivity contribution >= 4 is 11.9 Å². The molecule has 0 atom stereocenters. The third-order valence-corrected chi connectivity index (χ3v) is 4.13. The number of nitrogens with zero attached hydrogens (tertiary/aromatic N) is 1. The van der Waals surface area contributed by atoms with E-state index in [1.165, 1.54) is 11.0 Å². The highest BCUT2D eigenvalue weighted by Crippen LogP contribution is 2.26. The standard InChI is InChI=1S/C15H22N2O3/c1-2-11-5-7-12(8-6-11)16-15(20)13-4-3-9-17(13)10-14(18)19/h3-4,9,11-12H,2,5-8,10H2,1H3,(H,16,20)(H,18,19). The number of carboxylic acid groups (broad SMARTS) is 1. The van der Waals surface area contributed by atoms with Gasteiger partial charge in [0.15, 0.2) is 0 Å². The van der Waals surface area contributed by atoms with Gasteiger partial charge in [0.05, 0.1) is 0 Å². The van der Waals surface area contributed by atoms with Crippen molar-refractivity contribution in [2.45, 2.75) is 51.6 Å².